The van der Waals surface area contributed by atoms with Gasteiger partial charge in [-0.25, -0.2) is 4.79 Å². The van der Waals surface area contributed by atoms with Crippen molar-refractivity contribution in [2.45, 2.75) is 13.2 Å². The van der Waals surface area contributed by atoms with Crippen molar-refractivity contribution in [2.75, 3.05) is 13.7 Å². The van der Waals surface area contributed by atoms with Crippen molar-refractivity contribution in [3.8, 4) is 0 Å². The summed E-state index contributed by atoms with van der Waals surface area (Å²) >= 11 is 0.711. The summed E-state index contributed by atoms with van der Waals surface area (Å²) in [6.45, 7) is 2.15. The van der Waals surface area contributed by atoms with Crippen LogP contribution in [0.5, 0.6) is 0 Å². The molecule has 0 fully saturated rings. The lowest BCUT2D eigenvalue weighted by Crippen LogP contribution is -2.37. The lowest BCUT2D eigenvalue weighted by Gasteiger charge is -2.12. The molecular weight excluding hydrogens is 149 g/mol. The molecule has 0 aromatic rings. The van der Waals surface area contributed by atoms with Gasteiger partial charge in [-0.3, -0.25) is 0 Å². The fourth-order valence-electron chi connectivity index (χ4n) is 0.550. The molecule has 0 aromatic heterocycles. The second-order valence-corrected chi connectivity index (χ2v) is 2.23. The van der Waals surface area contributed by atoms with Crippen LogP contribution in [0.3, 0.4) is 0 Å². The molecule has 0 aromatic carbocycles. The third kappa shape index (κ3) is 3.18. The Kier molecular flexibility index (Phi) is 5.64. The minimum Gasteiger partial charge on any atom is -0.463 e. The van der Waals surface area contributed by atoms with Gasteiger partial charge in [-0.2, -0.15) is 0 Å². The van der Waals surface area contributed by atoms with E-state index in [-0.39, 0.29) is 5.97 Å². The number of carbonyl (C=O) groups is 1. The lowest BCUT2D eigenvalue weighted by atomic mass is 10.6. The Hall–Kier alpha value is -0.0775. The van der Waals surface area contributed by atoms with Crippen LogP contribution in [0.1, 0.15) is 6.92 Å². The van der Waals surface area contributed by atoms with Crippen LogP contribution in [-0.2, 0) is 14.3 Å². The molecule has 0 amide bonds. The molecule has 0 spiro atoms. The van der Waals surface area contributed by atoms with Crippen molar-refractivity contribution in [1.82, 2.24) is 4.30 Å². The molecule has 0 aliphatic heterocycles. The molecule has 0 rings (SSSR count). The summed E-state index contributed by atoms with van der Waals surface area (Å²) in [6.07, 6.45) is -0.577. The Morgan fingerprint density at radius 1 is 1.80 bits per heavy atom. The van der Waals surface area contributed by atoms with Crippen LogP contribution in [0, 0.1) is 0 Å². The average Bonchev–Trinajstić information content (AvgIpc) is 1.91. The third-order valence-electron chi connectivity index (χ3n) is 0.999. The fraction of sp³-hybridized carbons (Fsp3) is 0.800. The average molecular weight is 161 g/mol. The maximum atomic E-state index is 10.8. The summed E-state index contributed by atoms with van der Waals surface area (Å²) in [5.41, 5.74) is 0. The van der Waals surface area contributed by atoms with Crippen LogP contribution in [0.15, 0.2) is 0 Å². The smallest absolute Gasteiger partial charge is 0.348 e. The molecule has 4 nitrogen and oxygen atoms in total. The van der Waals surface area contributed by atoms with Crippen LogP contribution < -0.4 is 4.30 Å². The number of hydrogen-bond donors (Lipinski definition) is 1. The van der Waals surface area contributed by atoms with Crippen molar-refractivity contribution in [1.29, 1.82) is 0 Å². The zero-order valence-corrected chi connectivity index (χ0v) is 8.51. The van der Waals surface area contributed by atoms with Crippen LogP contribution in [-0.4, -0.2) is 42.4 Å². The number of ether oxygens (including phenoxy) is 2. The van der Waals surface area contributed by atoms with Gasteiger partial charge in [-0.15, -0.1) is 0 Å². The van der Waals surface area contributed by atoms with E-state index in [4.69, 9.17) is 4.74 Å². The van der Waals surface area contributed by atoms with Gasteiger partial charge < -0.3 is 13.8 Å². The van der Waals surface area contributed by atoms with Gasteiger partial charge in [0.25, 0.3) is 0 Å². The summed E-state index contributed by atoms with van der Waals surface area (Å²) in [7, 11) is 1.46. The minimum atomic E-state index is -0.577. The Morgan fingerprint density at radius 2 is 2.40 bits per heavy atom. The van der Waals surface area contributed by atoms with Gasteiger partial charge in [0.05, 0.1) is 6.61 Å². The molecule has 5 heteroatoms. The molecular formula is C5H12AlNO3. The van der Waals surface area contributed by atoms with E-state index in [1.807, 2.05) is 0 Å². The van der Waals surface area contributed by atoms with Crippen molar-refractivity contribution in [3.05, 3.63) is 0 Å². The number of methoxy groups -OCH3 is 1. The number of hydrogen-bond acceptors (Lipinski definition) is 4. The summed E-state index contributed by atoms with van der Waals surface area (Å²) in [4.78, 5) is 10.8. The van der Waals surface area contributed by atoms with Crippen LogP contribution >= 0.6 is 0 Å². The topological polar surface area (TPSA) is 47.6 Å². The highest BCUT2D eigenvalue weighted by atomic mass is 27.1. The quantitative estimate of drug-likeness (QED) is 0.315. The maximum absolute atomic E-state index is 10.8. The normalized spacial score (nSPS) is 12.6. The molecule has 0 heterocycles. The van der Waals surface area contributed by atoms with Crippen molar-refractivity contribution >= 4 is 22.5 Å². The molecule has 0 bridgehead atoms. The zero-order valence-electron chi connectivity index (χ0n) is 6.51. The van der Waals surface area contributed by atoms with E-state index in [0.29, 0.717) is 23.1 Å². The largest absolute Gasteiger partial charge is 0.463 e. The van der Waals surface area contributed by atoms with Gasteiger partial charge in [0.1, 0.15) is 0 Å². The fourth-order valence-corrected chi connectivity index (χ4v) is 1.02. The van der Waals surface area contributed by atoms with Gasteiger partial charge in [0, 0.05) is 7.11 Å². The second kappa shape index (κ2) is 5.69. The van der Waals surface area contributed by atoms with Gasteiger partial charge in [0.15, 0.2) is 6.23 Å². The van der Waals surface area contributed by atoms with Crippen molar-refractivity contribution < 1.29 is 14.3 Å². The lowest BCUT2D eigenvalue weighted by molar-refractivity contribution is -0.155. The highest BCUT2D eigenvalue weighted by Gasteiger charge is 2.14. The number of nitrogens with one attached hydrogen (secondary N) is 1. The summed E-state index contributed by atoms with van der Waals surface area (Å²) in [6, 6.07) is 0. The minimum absolute atomic E-state index is 0.347. The summed E-state index contributed by atoms with van der Waals surface area (Å²) < 4.78 is 12.2. The van der Waals surface area contributed by atoms with Gasteiger partial charge in [-0.05, 0) is 6.92 Å². The van der Waals surface area contributed by atoms with E-state index in [1.165, 1.54) is 7.11 Å². The number of carbonyl (C=O) groups excluding carboxylic acids is 1. The van der Waals surface area contributed by atoms with E-state index in [0.717, 1.165) is 0 Å². The first-order valence-corrected chi connectivity index (χ1v) is 4.13. The summed E-state index contributed by atoms with van der Waals surface area (Å²) in [5, 5.41) is 0. The first-order chi connectivity index (χ1) is 4.76. The molecule has 0 saturated carbocycles. The van der Waals surface area contributed by atoms with E-state index >= 15 is 0 Å². The van der Waals surface area contributed by atoms with Crippen LogP contribution in [0.4, 0.5) is 0 Å². The monoisotopic (exact) mass is 161 g/mol. The Labute approximate surface area is 68.5 Å². The van der Waals surface area contributed by atoms with Gasteiger partial charge in [-0.1, -0.05) is 0 Å². The number of esters is 1. The molecule has 0 aliphatic carbocycles. The van der Waals surface area contributed by atoms with Crippen LogP contribution in [0.25, 0.3) is 0 Å². The second-order valence-electron chi connectivity index (χ2n) is 1.66. The van der Waals surface area contributed by atoms with Gasteiger partial charge in [0.2, 0.25) is 0 Å². The number of rotatable bonds is 4. The first kappa shape index (κ1) is 9.92. The third-order valence-corrected chi connectivity index (χ3v) is 1.52. The SMILES string of the molecule is CCOC(=O)C([NH][AlH2])OC. The highest BCUT2D eigenvalue weighted by molar-refractivity contribution is 6.06. The Morgan fingerprint density at radius 3 is 2.70 bits per heavy atom. The molecule has 1 atom stereocenters. The molecule has 0 radical (unpaired) electrons. The standard InChI is InChI=1S/C5H10NO3.Al.2H/c1-3-9-5(7)4(6)8-2;;;/h4,6H,3H2,1-2H3;;;/q-1;+1;;. The highest BCUT2D eigenvalue weighted by Crippen LogP contribution is 1.87. The molecule has 0 aliphatic rings. The predicted molar refractivity (Wildman–Crippen MR) is 39.1 cm³/mol. The van der Waals surface area contributed by atoms with Crippen molar-refractivity contribution in [2.24, 2.45) is 0 Å². The molecule has 58 valence electrons. The molecule has 1 N–H and O–H groups in total. The van der Waals surface area contributed by atoms with E-state index in [9.17, 15) is 4.79 Å². The molecule has 1 unspecified atom stereocenters. The van der Waals surface area contributed by atoms with E-state index in [2.05, 4.69) is 9.04 Å². The maximum Gasteiger partial charge on any atom is 0.348 e. The predicted octanol–water partition coefficient (Wildman–Crippen LogP) is -1.34. The van der Waals surface area contributed by atoms with E-state index < -0.39 is 6.23 Å². The molecule has 10 heavy (non-hydrogen) atoms. The Balaban J connectivity index is 3.65. The molecule has 0 saturated heterocycles. The van der Waals surface area contributed by atoms with E-state index in [1.54, 1.807) is 6.92 Å². The summed E-state index contributed by atoms with van der Waals surface area (Å²) in [5.74, 6) is -0.347. The van der Waals surface area contributed by atoms with Gasteiger partial charge >= 0.3 is 22.5 Å². The Bertz CT molecular complexity index is 105. The van der Waals surface area contributed by atoms with Crippen molar-refractivity contribution in [3.63, 3.8) is 0 Å². The zero-order chi connectivity index (χ0) is 7.98. The first-order valence-electron chi connectivity index (χ1n) is 3.13. The van der Waals surface area contributed by atoms with Crippen LogP contribution in [0.2, 0.25) is 0 Å².